The molecule has 0 atom stereocenters. The molecule has 2 aromatic rings. The molecule has 2 aromatic heterocycles. The second kappa shape index (κ2) is 8.72. The Bertz CT molecular complexity index is 1050. The third-order valence-electron chi connectivity index (χ3n) is 4.57. The first-order valence-corrected chi connectivity index (χ1v) is 9.38. The standard InChI is InChI=1S/C19H24N8O3/c1-20-11-13(18(29)26-7-5-8-26)15(21-2)17(28)22-12-6-9-27-14(10-12)23-16(24-27)19(30)25(3)4/h6,9-11,21H,5,7-8H2,1-4H3,(H,22,28)/b15-13+,20-11-. The number of nitrogens with one attached hydrogen (secondary N) is 2. The van der Waals surface area contributed by atoms with Crippen molar-refractivity contribution in [3.63, 3.8) is 0 Å². The van der Waals surface area contributed by atoms with Crippen molar-refractivity contribution in [3.8, 4) is 0 Å². The Hall–Kier alpha value is -3.76. The van der Waals surface area contributed by atoms with Gasteiger partial charge in [0.05, 0.1) is 5.57 Å². The van der Waals surface area contributed by atoms with Crippen LogP contribution < -0.4 is 10.6 Å². The first-order valence-electron chi connectivity index (χ1n) is 9.38. The predicted molar refractivity (Wildman–Crippen MR) is 111 cm³/mol. The average Bonchev–Trinajstić information content (AvgIpc) is 3.09. The van der Waals surface area contributed by atoms with E-state index in [9.17, 15) is 14.4 Å². The number of anilines is 1. The van der Waals surface area contributed by atoms with Crippen molar-refractivity contribution in [3.05, 3.63) is 35.4 Å². The van der Waals surface area contributed by atoms with Gasteiger partial charge >= 0.3 is 0 Å². The second-order valence-corrected chi connectivity index (χ2v) is 6.88. The molecule has 0 saturated carbocycles. The van der Waals surface area contributed by atoms with Gasteiger partial charge in [-0.3, -0.25) is 19.4 Å². The van der Waals surface area contributed by atoms with E-state index >= 15 is 0 Å². The smallest absolute Gasteiger partial charge is 0.293 e. The van der Waals surface area contributed by atoms with Gasteiger partial charge < -0.3 is 20.4 Å². The molecule has 3 heterocycles. The maximum Gasteiger partial charge on any atom is 0.293 e. The molecule has 0 spiro atoms. The van der Waals surface area contributed by atoms with Crippen molar-refractivity contribution in [2.45, 2.75) is 6.42 Å². The Kier molecular flexibility index (Phi) is 6.09. The lowest BCUT2D eigenvalue weighted by atomic mass is 10.1. The molecule has 1 saturated heterocycles. The number of hydrogen-bond acceptors (Lipinski definition) is 7. The summed E-state index contributed by atoms with van der Waals surface area (Å²) < 4.78 is 1.45. The largest absolute Gasteiger partial charge is 0.383 e. The molecule has 0 radical (unpaired) electrons. The maximum atomic E-state index is 12.9. The summed E-state index contributed by atoms with van der Waals surface area (Å²) in [6.07, 6.45) is 3.92. The molecule has 1 aliphatic heterocycles. The van der Waals surface area contributed by atoms with E-state index in [-0.39, 0.29) is 28.9 Å². The van der Waals surface area contributed by atoms with Crippen LogP contribution in [-0.4, -0.2) is 89.6 Å². The van der Waals surface area contributed by atoms with Crippen LogP contribution in [0.2, 0.25) is 0 Å². The van der Waals surface area contributed by atoms with Crippen molar-refractivity contribution in [2.75, 3.05) is 46.6 Å². The highest BCUT2D eigenvalue weighted by Crippen LogP contribution is 2.16. The number of fused-ring (bicyclic) bond motifs is 1. The number of amides is 3. The molecule has 0 unspecified atom stereocenters. The van der Waals surface area contributed by atoms with Gasteiger partial charge in [-0.2, -0.15) is 0 Å². The van der Waals surface area contributed by atoms with Gasteiger partial charge in [-0.1, -0.05) is 0 Å². The highest BCUT2D eigenvalue weighted by Gasteiger charge is 2.27. The van der Waals surface area contributed by atoms with Gasteiger partial charge in [0.1, 0.15) is 5.70 Å². The van der Waals surface area contributed by atoms with Crippen molar-refractivity contribution < 1.29 is 14.4 Å². The normalized spacial score (nSPS) is 14.3. The van der Waals surface area contributed by atoms with Gasteiger partial charge in [-0.15, -0.1) is 5.10 Å². The van der Waals surface area contributed by atoms with Gasteiger partial charge in [0.15, 0.2) is 5.65 Å². The van der Waals surface area contributed by atoms with E-state index in [1.807, 2.05) is 0 Å². The number of rotatable bonds is 6. The van der Waals surface area contributed by atoms with Crippen LogP contribution in [0.5, 0.6) is 0 Å². The lowest BCUT2D eigenvalue weighted by Gasteiger charge is -2.31. The Morgan fingerprint density at radius 3 is 2.57 bits per heavy atom. The van der Waals surface area contributed by atoms with Crippen LogP contribution in [0.4, 0.5) is 5.69 Å². The van der Waals surface area contributed by atoms with Gasteiger partial charge in [-0.25, -0.2) is 9.50 Å². The fraction of sp³-hybridized carbons (Fsp3) is 0.368. The highest BCUT2D eigenvalue weighted by molar-refractivity contribution is 6.20. The lowest BCUT2D eigenvalue weighted by Crippen LogP contribution is -2.44. The molecule has 0 aliphatic carbocycles. The summed E-state index contributed by atoms with van der Waals surface area (Å²) in [6, 6.07) is 3.22. The van der Waals surface area contributed by atoms with Gasteiger partial charge in [-0.05, 0) is 12.5 Å². The van der Waals surface area contributed by atoms with Crippen LogP contribution in [-0.2, 0) is 9.59 Å². The van der Waals surface area contributed by atoms with Crippen LogP contribution in [0.1, 0.15) is 17.0 Å². The Morgan fingerprint density at radius 2 is 2.00 bits per heavy atom. The number of likely N-dealkylation sites (tertiary alicyclic amines) is 1. The molecule has 1 fully saturated rings. The SMILES string of the molecule is C/N=C\C(C(=O)N1CCC1)=C(/NC)C(=O)Nc1ccn2nc(C(=O)N(C)C)nc2c1. The van der Waals surface area contributed by atoms with E-state index in [4.69, 9.17) is 0 Å². The first kappa shape index (κ1) is 21.0. The Labute approximate surface area is 173 Å². The van der Waals surface area contributed by atoms with Crippen LogP contribution in [0.3, 0.4) is 0 Å². The average molecular weight is 412 g/mol. The molecular weight excluding hydrogens is 388 g/mol. The van der Waals surface area contributed by atoms with E-state index in [1.54, 1.807) is 51.4 Å². The third-order valence-corrected chi connectivity index (χ3v) is 4.57. The van der Waals surface area contributed by atoms with E-state index in [0.29, 0.717) is 24.4 Å². The zero-order chi connectivity index (χ0) is 21.8. The lowest BCUT2D eigenvalue weighted by molar-refractivity contribution is -0.130. The molecule has 30 heavy (non-hydrogen) atoms. The van der Waals surface area contributed by atoms with Crippen molar-refractivity contribution in [1.29, 1.82) is 0 Å². The second-order valence-electron chi connectivity index (χ2n) is 6.88. The molecule has 0 aromatic carbocycles. The molecule has 2 N–H and O–H groups in total. The molecular formula is C19H24N8O3. The van der Waals surface area contributed by atoms with E-state index in [2.05, 4.69) is 25.7 Å². The quantitative estimate of drug-likeness (QED) is 0.499. The number of carbonyl (C=O) groups is 3. The summed E-state index contributed by atoms with van der Waals surface area (Å²) in [5.41, 5.74) is 1.16. The molecule has 11 nitrogen and oxygen atoms in total. The fourth-order valence-corrected chi connectivity index (χ4v) is 2.86. The molecule has 1 aliphatic rings. The zero-order valence-corrected chi connectivity index (χ0v) is 17.3. The molecule has 0 bridgehead atoms. The third kappa shape index (κ3) is 4.14. The fourth-order valence-electron chi connectivity index (χ4n) is 2.86. The number of pyridine rings is 1. The van der Waals surface area contributed by atoms with Crippen LogP contribution in [0, 0.1) is 0 Å². The number of nitrogens with zero attached hydrogens (tertiary/aromatic N) is 6. The Balaban J connectivity index is 1.87. The van der Waals surface area contributed by atoms with Crippen molar-refractivity contribution in [2.24, 2.45) is 4.99 Å². The summed E-state index contributed by atoms with van der Waals surface area (Å²) in [6.45, 7) is 1.33. The molecule has 158 valence electrons. The first-order chi connectivity index (χ1) is 14.3. The van der Waals surface area contributed by atoms with Gasteiger partial charge in [0.25, 0.3) is 17.7 Å². The van der Waals surface area contributed by atoms with Crippen molar-refractivity contribution >= 4 is 35.3 Å². The summed E-state index contributed by atoms with van der Waals surface area (Å²) in [5.74, 6) is -1.00. The summed E-state index contributed by atoms with van der Waals surface area (Å²) in [4.78, 5) is 48.7. The summed E-state index contributed by atoms with van der Waals surface area (Å²) in [7, 11) is 6.34. The van der Waals surface area contributed by atoms with Crippen LogP contribution >= 0.6 is 0 Å². The number of likely N-dealkylation sites (N-methyl/N-ethyl adjacent to an activating group) is 1. The van der Waals surface area contributed by atoms with E-state index in [1.165, 1.54) is 15.6 Å². The summed E-state index contributed by atoms with van der Waals surface area (Å²) >= 11 is 0. The number of hydrogen-bond donors (Lipinski definition) is 2. The zero-order valence-electron chi connectivity index (χ0n) is 17.3. The monoisotopic (exact) mass is 412 g/mol. The highest BCUT2D eigenvalue weighted by atomic mass is 16.2. The predicted octanol–water partition coefficient (Wildman–Crippen LogP) is -0.224. The van der Waals surface area contributed by atoms with Gasteiger partial charge in [0, 0.05) is 65.4 Å². The van der Waals surface area contributed by atoms with E-state index in [0.717, 1.165) is 6.42 Å². The topological polar surface area (TPSA) is 124 Å². The number of carbonyl (C=O) groups excluding carboxylic acids is 3. The van der Waals surface area contributed by atoms with Gasteiger partial charge in [0.2, 0.25) is 5.82 Å². The molecule has 3 amide bonds. The minimum Gasteiger partial charge on any atom is -0.383 e. The number of aromatic nitrogens is 3. The maximum absolute atomic E-state index is 12.9. The number of aliphatic imine (C=N–C) groups is 1. The van der Waals surface area contributed by atoms with Crippen molar-refractivity contribution in [1.82, 2.24) is 29.7 Å². The van der Waals surface area contributed by atoms with Crippen LogP contribution in [0.25, 0.3) is 5.65 Å². The Morgan fingerprint density at radius 1 is 1.27 bits per heavy atom. The van der Waals surface area contributed by atoms with Crippen LogP contribution in [0.15, 0.2) is 34.6 Å². The summed E-state index contributed by atoms with van der Waals surface area (Å²) in [5, 5.41) is 9.68. The molecule has 3 rings (SSSR count). The minimum atomic E-state index is -0.491. The molecule has 11 heteroatoms. The minimum absolute atomic E-state index is 0.0564. The van der Waals surface area contributed by atoms with E-state index < -0.39 is 5.91 Å².